The lowest BCUT2D eigenvalue weighted by Gasteiger charge is -2.42. The maximum atomic E-state index is 13.1. The van der Waals surface area contributed by atoms with E-state index in [1.54, 1.807) is 0 Å². The topological polar surface area (TPSA) is 120 Å². The van der Waals surface area contributed by atoms with Crippen LogP contribution in [0.4, 0.5) is 17.6 Å². The Morgan fingerprint density at radius 2 is 1.88 bits per heavy atom. The van der Waals surface area contributed by atoms with E-state index in [1.165, 1.54) is 25.7 Å². The van der Waals surface area contributed by atoms with Gasteiger partial charge in [-0.1, -0.05) is 6.07 Å². The minimum Gasteiger partial charge on any atom is -0.395 e. The quantitative estimate of drug-likeness (QED) is 0.449. The number of β-amino-alcohol motifs (C(OH)–C–C–N with tert-alkyl or cyclic N) is 1. The number of carbonyl (C=O) groups excluding carboxylic acids is 1. The van der Waals surface area contributed by atoms with E-state index < -0.39 is 0 Å². The number of amides is 1. The Hall–Kier alpha value is -3.41. The predicted molar refractivity (Wildman–Crippen MR) is 153 cm³/mol. The number of aliphatic hydroxyl groups is 1. The number of carbonyl (C=O) groups is 1. The Morgan fingerprint density at radius 3 is 2.59 bits per heavy atom. The Kier molecular flexibility index (Phi) is 6.26. The number of aromatic nitrogens is 4. The first-order valence-electron chi connectivity index (χ1n) is 15.1. The third-order valence-electron chi connectivity index (χ3n) is 9.72. The van der Waals surface area contributed by atoms with Gasteiger partial charge < -0.3 is 25.0 Å². The van der Waals surface area contributed by atoms with E-state index in [2.05, 4.69) is 32.2 Å². The van der Waals surface area contributed by atoms with Crippen LogP contribution < -0.4 is 10.2 Å². The predicted octanol–water partition coefficient (Wildman–Crippen LogP) is 2.36. The second-order valence-electron chi connectivity index (χ2n) is 12.1. The number of fused-ring (bicyclic) bond motifs is 4. The molecular formula is C30H36N8O3. The Bertz CT molecular complexity index is 1480. The maximum Gasteiger partial charge on any atom is 0.240 e. The van der Waals surface area contributed by atoms with Crippen LogP contribution in [0.25, 0.3) is 10.9 Å². The highest BCUT2D eigenvalue weighted by atomic mass is 16.5. The van der Waals surface area contributed by atoms with Gasteiger partial charge in [0.25, 0.3) is 0 Å². The standard InChI is InChI=1S/C30H36N8O3/c39-12-11-36-10-8-25(36)29(40)37-9-7-23-18(15-37)1-6-26(32-23)34-30-31-14-19-13-24(20-16-41-17-20)33-28(27(19)35-30)38-21-2-3-22(38)5-4-21/h1,6,13-14,20-22,25,39H,2-5,7-12,15-17H2,(H,31,32,34,35)/t21?,22?,25-/m1/s1. The molecule has 2 N–H and O–H groups in total. The van der Waals surface area contributed by atoms with E-state index in [0.29, 0.717) is 55.8 Å². The number of hydrogen-bond acceptors (Lipinski definition) is 10. The molecule has 214 valence electrons. The average molecular weight is 557 g/mol. The number of nitrogens with zero attached hydrogens (tertiary/aromatic N) is 7. The van der Waals surface area contributed by atoms with Gasteiger partial charge in [0.2, 0.25) is 11.9 Å². The fraction of sp³-hybridized carbons (Fsp3) is 0.567. The van der Waals surface area contributed by atoms with Crippen molar-refractivity contribution in [2.75, 3.05) is 49.7 Å². The molecule has 11 nitrogen and oxygen atoms in total. The summed E-state index contributed by atoms with van der Waals surface area (Å²) < 4.78 is 5.46. The van der Waals surface area contributed by atoms with Crippen LogP contribution in [0.5, 0.6) is 0 Å². The zero-order valence-electron chi connectivity index (χ0n) is 23.2. The van der Waals surface area contributed by atoms with E-state index in [-0.39, 0.29) is 18.6 Å². The summed E-state index contributed by atoms with van der Waals surface area (Å²) >= 11 is 0. The van der Waals surface area contributed by atoms with Crippen LogP contribution in [0.3, 0.4) is 0 Å². The van der Waals surface area contributed by atoms with Crippen molar-refractivity contribution in [1.29, 1.82) is 0 Å². The van der Waals surface area contributed by atoms with Gasteiger partial charge in [-0.05, 0) is 49.8 Å². The van der Waals surface area contributed by atoms with Crippen molar-refractivity contribution in [3.05, 3.63) is 41.3 Å². The van der Waals surface area contributed by atoms with Gasteiger partial charge in [0.1, 0.15) is 11.3 Å². The smallest absolute Gasteiger partial charge is 0.240 e. The lowest BCUT2D eigenvalue weighted by molar-refractivity contribution is -0.143. The fourth-order valence-corrected chi connectivity index (χ4v) is 7.27. The highest BCUT2D eigenvalue weighted by Crippen LogP contribution is 2.43. The normalized spacial score (nSPS) is 25.7. The van der Waals surface area contributed by atoms with Crippen LogP contribution in [-0.2, 0) is 22.5 Å². The third-order valence-corrected chi connectivity index (χ3v) is 9.72. The van der Waals surface area contributed by atoms with E-state index in [9.17, 15) is 9.90 Å². The van der Waals surface area contributed by atoms with Crippen molar-refractivity contribution in [3.8, 4) is 0 Å². The summed E-state index contributed by atoms with van der Waals surface area (Å²) in [6, 6.07) is 7.12. The minimum absolute atomic E-state index is 0.0846. The van der Waals surface area contributed by atoms with Gasteiger partial charge in [-0.25, -0.2) is 19.9 Å². The number of likely N-dealkylation sites (tertiary alicyclic amines) is 1. The molecule has 8 heterocycles. The Balaban J connectivity index is 1.03. The summed E-state index contributed by atoms with van der Waals surface area (Å²) in [6.07, 6.45) is 8.38. The van der Waals surface area contributed by atoms with E-state index >= 15 is 0 Å². The van der Waals surface area contributed by atoms with Gasteiger partial charge in [0, 0.05) is 67.9 Å². The van der Waals surface area contributed by atoms with Gasteiger partial charge in [0.15, 0.2) is 5.82 Å². The molecule has 5 aliphatic heterocycles. The Labute approximate surface area is 238 Å². The highest BCUT2D eigenvalue weighted by Gasteiger charge is 2.41. The summed E-state index contributed by atoms with van der Waals surface area (Å²) in [4.78, 5) is 39.3. The van der Waals surface area contributed by atoms with Crippen molar-refractivity contribution in [1.82, 2.24) is 29.7 Å². The van der Waals surface area contributed by atoms with E-state index in [1.807, 2.05) is 17.2 Å². The summed E-state index contributed by atoms with van der Waals surface area (Å²) in [7, 11) is 0. The molecule has 8 rings (SSSR count). The molecule has 4 saturated heterocycles. The summed E-state index contributed by atoms with van der Waals surface area (Å²) in [5.41, 5.74) is 4.05. The molecule has 0 saturated carbocycles. The van der Waals surface area contributed by atoms with E-state index in [4.69, 9.17) is 19.7 Å². The fourth-order valence-electron chi connectivity index (χ4n) is 7.27. The molecule has 0 unspecified atom stereocenters. The van der Waals surface area contributed by atoms with Gasteiger partial charge >= 0.3 is 0 Å². The van der Waals surface area contributed by atoms with Crippen molar-refractivity contribution in [2.24, 2.45) is 0 Å². The van der Waals surface area contributed by atoms with Gasteiger partial charge in [0.05, 0.1) is 31.6 Å². The first-order chi connectivity index (χ1) is 20.1. The molecule has 4 fully saturated rings. The first-order valence-corrected chi connectivity index (χ1v) is 15.1. The van der Waals surface area contributed by atoms with Crippen LogP contribution in [-0.4, -0.2) is 98.3 Å². The van der Waals surface area contributed by atoms with Crippen LogP contribution >= 0.6 is 0 Å². The molecule has 0 radical (unpaired) electrons. The van der Waals surface area contributed by atoms with Gasteiger partial charge in [-0.15, -0.1) is 0 Å². The number of rotatable bonds is 7. The molecule has 11 heteroatoms. The lowest BCUT2D eigenvalue weighted by Crippen LogP contribution is -2.58. The van der Waals surface area contributed by atoms with Gasteiger partial charge in [-0.2, -0.15) is 0 Å². The van der Waals surface area contributed by atoms with Gasteiger partial charge in [-0.3, -0.25) is 9.69 Å². The molecule has 0 aromatic carbocycles. The van der Waals surface area contributed by atoms with Crippen molar-refractivity contribution in [3.63, 3.8) is 0 Å². The molecule has 2 bridgehead atoms. The molecule has 3 aromatic rings. The first kappa shape index (κ1) is 25.3. The zero-order valence-corrected chi connectivity index (χ0v) is 23.2. The zero-order chi connectivity index (χ0) is 27.5. The molecule has 1 atom stereocenters. The van der Waals surface area contributed by atoms with Crippen LogP contribution in [0.15, 0.2) is 24.4 Å². The van der Waals surface area contributed by atoms with E-state index in [0.717, 1.165) is 59.9 Å². The number of hydrogen-bond donors (Lipinski definition) is 2. The molecule has 5 aliphatic rings. The molecule has 0 aliphatic carbocycles. The summed E-state index contributed by atoms with van der Waals surface area (Å²) in [5.74, 6) is 2.71. The average Bonchev–Trinajstić information content (AvgIpc) is 3.54. The van der Waals surface area contributed by atoms with Crippen LogP contribution in [0.1, 0.15) is 55.0 Å². The molecule has 3 aromatic heterocycles. The second-order valence-corrected chi connectivity index (χ2v) is 12.1. The van der Waals surface area contributed by atoms with Crippen LogP contribution in [0, 0.1) is 0 Å². The number of anilines is 3. The summed E-state index contributed by atoms with van der Waals surface area (Å²) in [6.45, 7) is 4.19. The number of ether oxygens (including phenoxy) is 1. The maximum absolute atomic E-state index is 13.1. The summed E-state index contributed by atoms with van der Waals surface area (Å²) in [5, 5.41) is 13.6. The molecule has 0 spiro atoms. The molecule has 1 amide bonds. The van der Waals surface area contributed by atoms with Crippen molar-refractivity contribution < 1.29 is 14.6 Å². The number of nitrogens with one attached hydrogen (secondary N) is 1. The minimum atomic E-state index is -0.101. The third kappa shape index (κ3) is 4.41. The van der Waals surface area contributed by atoms with Crippen molar-refractivity contribution in [2.45, 2.75) is 69.1 Å². The molecular weight excluding hydrogens is 520 g/mol. The largest absolute Gasteiger partial charge is 0.395 e. The highest BCUT2D eigenvalue weighted by molar-refractivity contribution is 5.90. The lowest BCUT2D eigenvalue weighted by atomic mass is 9.99. The second kappa shape index (κ2) is 10.1. The van der Waals surface area contributed by atoms with Crippen molar-refractivity contribution >= 4 is 34.4 Å². The Morgan fingerprint density at radius 1 is 1.05 bits per heavy atom. The SMILES string of the molecule is O=C([C@H]1CCN1CCO)N1CCc2nc(Nc3ncc4cc(C5COC5)nc(N5C6CCC5CC6)c4n3)ccc2C1. The monoisotopic (exact) mass is 556 g/mol. The number of aliphatic hydroxyl groups excluding tert-OH is 1. The van der Waals surface area contributed by atoms with Crippen LogP contribution in [0.2, 0.25) is 0 Å². The number of pyridine rings is 2. The molecule has 41 heavy (non-hydrogen) atoms.